The molecule has 0 aromatic heterocycles. The highest BCUT2D eigenvalue weighted by atomic mass is 35.5. The summed E-state index contributed by atoms with van der Waals surface area (Å²) < 4.78 is 6.16. The van der Waals surface area contributed by atoms with E-state index >= 15 is 0 Å². The smallest absolute Gasteiger partial charge is 0.312 e. The normalized spacial score (nSPS) is 44.7. The van der Waals surface area contributed by atoms with Crippen LogP contribution in [0, 0.1) is 56.7 Å². The van der Waals surface area contributed by atoms with Crippen LogP contribution in [0.2, 0.25) is 5.02 Å². The minimum atomic E-state index is -0.413. The zero-order chi connectivity index (χ0) is 29.6. The van der Waals surface area contributed by atoms with Crippen LogP contribution >= 0.6 is 11.6 Å². The number of rotatable bonds is 4. The molecule has 0 amide bonds. The molecule has 0 saturated heterocycles. The number of benzene rings is 1. The van der Waals surface area contributed by atoms with Crippen LogP contribution in [0.15, 0.2) is 36.4 Å². The molecule has 0 spiro atoms. The summed E-state index contributed by atoms with van der Waals surface area (Å²) in [6, 6.07) is 7.63. The molecule has 224 valence electrons. The quantitative estimate of drug-likeness (QED) is 0.264. The van der Waals surface area contributed by atoms with Gasteiger partial charge in [-0.25, -0.2) is 0 Å². The minimum absolute atomic E-state index is 0.0127. The molecule has 41 heavy (non-hydrogen) atoms. The highest BCUT2D eigenvalue weighted by Crippen LogP contribution is 2.77. The Balaban J connectivity index is 1.33. The fourth-order valence-electron chi connectivity index (χ4n) is 12.2. The predicted molar refractivity (Wildman–Crippen MR) is 165 cm³/mol. The van der Waals surface area contributed by atoms with E-state index in [0.717, 1.165) is 50.5 Å². The van der Waals surface area contributed by atoms with Crippen LogP contribution in [-0.2, 0) is 20.9 Å². The Labute approximate surface area is 253 Å². The summed E-state index contributed by atoms with van der Waals surface area (Å²) >= 11 is 6.09. The van der Waals surface area contributed by atoms with E-state index in [1.54, 1.807) is 0 Å². The van der Waals surface area contributed by atoms with Gasteiger partial charge in [0, 0.05) is 16.9 Å². The van der Waals surface area contributed by atoms with Crippen LogP contribution in [-0.4, -0.2) is 11.8 Å². The van der Waals surface area contributed by atoms with Crippen LogP contribution in [0.25, 0.3) is 0 Å². The number of hydrogen-bond donors (Lipinski definition) is 0. The molecule has 0 radical (unpaired) electrons. The Morgan fingerprint density at radius 2 is 1.61 bits per heavy atom. The fraction of sp³-hybridized carbons (Fsp3) is 0.730. The van der Waals surface area contributed by atoms with Gasteiger partial charge in [0.05, 0.1) is 5.41 Å². The maximum Gasteiger partial charge on any atom is 0.312 e. The van der Waals surface area contributed by atoms with Crippen molar-refractivity contribution in [3.8, 4) is 0 Å². The van der Waals surface area contributed by atoms with E-state index in [2.05, 4.69) is 48.1 Å². The number of Topliss-reactive ketones (excluding diaryl/α,β-unsaturated/α-hetero) is 1. The number of carbonyl (C=O) groups excluding carboxylic acids is 2. The maximum absolute atomic E-state index is 14.2. The largest absolute Gasteiger partial charge is 0.460 e. The summed E-state index contributed by atoms with van der Waals surface area (Å²) in [6.07, 6.45) is 10.5. The van der Waals surface area contributed by atoms with Gasteiger partial charge in [0.1, 0.15) is 12.4 Å². The number of hydrogen-bond acceptors (Lipinski definition) is 3. The van der Waals surface area contributed by atoms with E-state index in [0.29, 0.717) is 47.0 Å². The lowest BCUT2D eigenvalue weighted by Crippen LogP contribution is -2.66. The molecule has 9 atom stereocenters. The molecular formula is C37H51ClO3. The number of ether oxygens (including phenoxy) is 1. The van der Waals surface area contributed by atoms with Crippen molar-refractivity contribution < 1.29 is 14.3 Å². The molecule has 1 aromatic rings. The third-order valence-electron chi connectivity index (χ3n) is 14.5. The Bertz CT molecular complexity index is 1250. The van der Waals surface area contributed by atoms with Gasteiger partial charge in [0.2, 0.25) is 0 Å². The minimum Gasteiger partial charge on any atom is -0.460 e. The Morgan fingerprint density at radius 3 is 2.29 bits per heavy atom. The first-order valence-electron chi connectivity index (χ1n) is 16.3. The number of ketones is 1. The topological polar surface area (TPSA) is 43.4 Å². The van der Waals surface area contributed by atoms with Crippen LogP contribution in [0.4, 0.5) is 0 Å². The van der Waals surface area contributed by atoms with E-state index in [4.69, 9.17) is 16.3 Å². The lowest BCUT2D eigenvalue weighted by atomic mass is 9.32. The highest BCUT2D eigenvalue weighted by Gasteiger charge is 2.72. The third-order valence-corrected chi connectivity index (χ3v) is 14.8. The van der Waals surface area contributed by atoms with Crippen molar-refractivity contribution in [2.45, 2.75) is 112 Å². The van der Waals surface area contributed by atoms with Crippen LogP contribution in [0.5, 0.6) is 0 Å². The van der Waals surface area contributed by atoms with Crippen LogP contribution in [0.1, 0.15) is 111 Å². The van der Waals surface area contributed by atoms with Crippen LogP contribution in [0.3, 0.4) is 0 Å². The van der Waals surface area contributed by atoms with E-state index in [1.165, 1.54) is 24.8 Å². The van der Waals surface area contributed by atoms with Gasteiger partial charge in [-0.15, -0.1) is 0 Å². The van der Waals surface area contributed by atoms with Gasteiger partial charge in [0.15, 0.2) is 0 Å². The molecule has 5 saturated carbocycles. The summed E-state index contributed by atoms with van der Waals surface area (Å²) in [7, 11) is 0. The van der Waals surface area contributed by atoms with Gasteiger partial charge < -0.3 is 4.74 Å². The molecule has 0 bridgehead atoms. The number of carbonyl (C=O) groups is 2. The summed E-state index contributed by atoms with van der Waals surface area (Å²) in [5.41, 5.74) is 2.16. The molecule has 0 heterocycles. The number of halogens is 1. The van der Waals surface area contributed by atoms with E-state index in [9.17, 15) is 9.59 Å². The molecule has 1 aromatic carbocycles. The van der Waals surface area contributed by atoms with Crippen molar-refractivity contribution in [1.29, 1.82) is 0 Å². The molecule has 6 rings (SSSR count). The van der Waals surface area contributed by atoms with Crippen molar-refractivity contribution >= 4 is 23.4 Å². The second-order valence-electron chi connectivity index (χ2n) is 16.2. The number of esters is 1. The third kappa shape index (κ3) is 4.02. The van der Waals surface area contributed by atoms with Crippen molar-refractivity contribution in [2.24, 2.45) is 56.7 Å². The first-order valence-corrected chi connectivity index (χ1v) is 16.7. The van der Waals surface area contributed by atoms with Gasteiger partial charge in [-0.2, -0.15) is 0 Å². The Morgan fingerprint density at radius 1 is 0.902 bits per heavy atom. The highest BCUT2D eigenvalue weighted by molar-refractivity contribution is 6.30. The van der Waals surface area contributed by atoms with E-state index in [-0.39, 0.29) is 27.6 Å². The molecule has 0 aliphatic heterocycles. The predicted octanol–water partition coefficient (Wildman–Crippen LogP) is 9.61. The summed E-state index contributed by atoms with van der Waals surface area (Å²) in [5.74, 6) is 2.73. The SMILES string of the molecule is C=C(C)[C@@H]1CC[C@]2(C(=O)OCc3ccc(Cl)cc3)CC[C@]3(C)[C@H](CC[C@@H]4[C@@]5(C)CCC(=O)C(C)(C)[C@@H]5CC[C@]43C)[C@@H]12. The summed E-state index contributed by atoms with van der Waals surface area (Å²) in [5, 5.41) is 0.695. The zero-order valence-electron chi connectivity index (χ0n) is 26.3. The Kier molecular flexibility index (Phi) is 6.97. The maximum atomic E-state index is 14.2. The van der Waals surface area contributed by atoms with Gasteiger partial charge in [-0.3, -0.25) is 9.59 Å². The standard InChI is InChI=1S/C37H51ClO3/c1-23(2)26-14-19-37(32(40)41-22-24-8-10-25(38)11-9-24)21-20-35(6)27(31(26)37)12-13-29-34(5)17-16-30(39)33(3,4)28(34)15-18-36(29,35)7/h8-11,26-29,31H,1,12-22H2,2-7H3/t26-,27+,28-,29+,31+,34-,35+,36+,37-/m0/s1. The number of allylic oxidation sites excluding steroid dienone is 1. The van der Waals surface area contributed by atoms with Gasteiger partial charge >= 0.3 is 5.97 Å². The first-order chi connectivity index (χ1) is 19.2. The first kappa shape index (κ1) is 29.5. The Hall–Kier alpha value is -1.61. The number of fused-ring (bicyclic) bond motifs is 7. The van der Waals surface area contributed by atoms with E-state index in [1.807, 2.05) is 24.3 Å². The van der Waals surface area contributed by atoms with Crippen molar-refractivity contribution in [3.63, 3.8) is 0 Å². The fourth-order valence-corrected chi connectivity index (χ4v) is 12.3. The molecule has 5 fully saturated rings. The summed E-state index contributed by atoms with van der Waals surface area (Å²) in [4.78, 5) is 27.3. The van der Waals surface area contributed by atoms with Crippen LogP contribution < -0.4 is 0 Å². The monoisotopic (exact) mass is 578 g/mol. The van der Waals surface area contributed by atoms with Crippen molar-refractivity contribution in [3.05, 3.63) is 47.0 Å². The molecule has 3 nitrogen and oxygen atoms in total. The molecule has 5 aliphatic rings. The molecular weight excluding hydrogens is 528 g/mol. The van der Waals surface area contributed by atoms with Crippen molar-refractivity contribution in [2.75, 3.05) is 0 Å². The second-order valence-corrected chi connectivity index (χ2v) is 16.6. The lowest BCUT2D eigenvalue weighted by Gasteiger charge is -2.72. The van der Waals surface area contributed by atoms with E-state index < -0.39 is 5.41 Å². The van der Waals surface area contributed by atoms with Gasteiger partial charge in [0.25, 0.3) is 0 Å². The molecule has 0 N–H and O–H groups in total. The lowest BCUT2D eigenvalue weighted by molar-refractivity contribution is -0.236. The van der Waals surface area contributed by atoms with Crippen molar-refractivity contribution in [1.82, 2.24) is 0 Å². The second kappa shape index (κ2) is 9.70. The average Bonchev–Trinajstić information content (AvgIpc) is 3.32. The molecule has 0 unspecified atom stereocenters. The summed E-state index contributed by atoms with van der Waals surface area (Å²) in [6.45, 7) is 19.2. The van der Waals surface area contributed by atoms with Gasteiger partial charge in [-0.1, -0.05) is 70.5 Å². The molecule has 5 aliphatic carbocycles. The zero-order valence-corrected chi connectivity index (χ0v) is 27.0. The molecule has 4 heteroatoms. The average molecular weight is 579 g/mol. The van der Waals surface area contributed by atoms with Gasteiger partial charge in [-0.05, 0) is 128 Å².